The van der Waals surface area contributed by atoms with Crippen LogP contribution >= 0.6 is 0 Å². The highest BCUT2D eigenvalue weighted by Crippen LogP contribution is 2.29. The molecule has 0 saturated carbocycles. The van der Waals surface area contributed by atoms with E-state index in [-0.39, 0.29) is 11.9 Å². The van der Waals surface area contributed by atoms with Gasteiger partial charge in [0.25, 0.3) is 0 Å². The Morgan fingerprint density at radius 3 is 2.83 bits per heavy atom. The summed E-state index contributed by atoms with van der Waals surface area (Å²) in [5, 5.41) is 12.5. The van der Waals surface area contributed by atoms with E-state index in [2.05, 4.69) is 0 Å². The fraction of sp³-hybridized carbons (Fsp3) is 0.450. The van der Waals surface area contributed by atoms with Gasteiger partial charge >= 0.3 is 0 Å². The minimum atomic E-state index is -0.867. The molecule has 1 aliphatic rings. The SMILES string of the molecule is COc1ccc2cccc(CC(=O)N3CCCC3C(C)(C)O)c2c1. The van der Waals surface area contributed by atoms with Crippen LogP contribution in [0.4, 0.5) is 0 Å². The summed E-state index contributed by atoms with van der Waals surface area (Å²) in [5.41, 5.74) is 0.131. The van der Waals surface area contributed by atoms with Crippen LogP contribution in [0.2, 0.25) is 0 Å². The van der Waals surface area contributed by atoms with Crippen molar-refractivity contribution in [2.45, 2.75) is 44.8 Å². The maximum atomic E-state index is 12.9. The number of methoxy groups -OCH3 is 1. The first-order valence-corrected chi connectivity index (χ1v) is 8.47. The van der Waals surface area contributed by atoms with E-state index in [0.717, 1.165) is 41.5 Å². The van der Waals surface area contributed by atoms with Gasteiger partial charge in [-0.05, 0) is 55.2 Å². The molecular weight excluding hydrogens is 302 g/mol. The van der Waals surface area contributed by atoms with E-state index in [1.54, 1.807) is 21.0 Å². The van der Waals surface area contributed by atoms with Crippen molar-refractivity contribution in [2.24, 2.45) is 0 Å². The number of aliphatic hydroxyl groups is 1. The summed E-state index contributed by atoms with van der Waals surface area (Å²) in [7, 11) is 1.65. The second-order valence-electron chi connectivity index (χ2n) is 7.08. The fourth-order valence-corrected chi connectivity index (χ4v) is 3.66. The summed E-state index contributed by atoms with van der Waals surface area (Å²) in [6, 6.07) is 11.8. The summed E-state index contributed by atoms with van der Waals surface area (Å²) in [6.07, 6.45) is 2.15. The molecule has 24 heavy (non-hydrogen) atoms. The van der Waals surface area contributed by atoms with Crippen LogP contribution in [-0.4, -0.2) is 41.2 Å². The van der Waals surface area contributed by atoms with Gasteiger partial charge in [-0.1, -0.05) is 24.3 Å². The molecule has 1 unspecified atom stereocenters. The minimum Gasteiger partial charge on any atom is -0.497 e. The van der Waals surface area contributed by atoms with Crippen molar-refractivity contribution >= 4 is 16.7 Å². The highest BCUT2D eigenvalue weighted by Gasteiger charge is 2.38. The van der Waals surface area contributed by atoms with Crippen molar-refractivity contribution in [3.05, 3.63) is 42.0 Å². The van der Waals surface area contributed by atoms with Gasteiger partial charge < -0.3 is 14.7 Å². The standard InChI is InChI=1S/C20H25NO3/c1-20(2,23)18-8-5-11-21(18)19(22)12-15-7-4-6-14-9-10-16(24-3)13-17(14)15/h4,6-7,9-10,13,18,23H,5,8,11-12H2,1-3H3. The minimum absolute atomic E-state index is 0.0787. The summed E-state index contributed by atoms with van der Waals surface area (Å²) < 4.78 is 5.32. The number of benzene rings is 2. The van der Waals surface area contributed by atoms with Crippen LogP contribution in [0.5, 0.6) is 5.75 Å². The van der Waals surface area contributed by atoms with Crippen LogP contribution in [0.25, 0.3) is 10.8 Å². The zero-order chi connectivity index (χ0) is 17.3. The molecule has 2 aromatic rings. The fourth-order valence-electron chi connectivity index (χ4n) is 3.66. The highest BCUT2D eigenvalue weighted by molar-refractivity contribution is 5.91. The molecule has 1 amide bonds. The quantitative estimate of drug-likeness (QED) is 0.938. The van der Waals surface area contributed by atoms with E-state index in [0.29, 0.717) is 6.42 Å². The third kappa shape index (κ3) is 3.24. The summed E-state index contributed by atoms with van der Waals surface area (Å²) in [4.78, 5) is 14.7. The maximum absolute atomic E-state index is 12.9. The number of hydrogen-bond acceptors (Lipinski definition) is 3. The lowest BCUT2D eigenvalue weighted by molar-refractivity contribution is -0.135. The van der Waals surface area contributed by atoms with Crippen LogP contribution in [0.3, 0.4) is 0 Å². The number of ether oxygens (including phenoxy) is 1. The van der Waals surface area contributed by atoms with Gasteiger partial charge in [-0.25, -0.2) is 0 Å². The topological polar surface area (TPSA) is 49.8 Å². The van der Waals surface area contributed by atoms with Gasteiger partial charge in [0.05, 0.1) is 25.2 Å². The number of rotatable bonds is 4. The molecule has 1 atom stereocenters. The molecule has 1 N–H and O–H groups in total. The first kappa shape index (κ1) is 16.8. The number of carbonyl (C=O) groups excluding carboxylic acids is 1. The van der Waals surface area contributed by atoms with Gasteiger partial charge in [-0.15, -0.1) is 0 Å². The van der Waals surface area contributed by atoms with Gasteiger partial charge in [-0.3, -0.25) is 4.79 Å². The maximum Gasteiger partial charge on any atom is 0.227 e. The Hall–Kier alpha value is -2.07. The Morgan fingerprint density at radius 1 is 1.33 bits per heavy atom. The molecule has 4 heteroatoms. The Balaban J connectivity index is 1.88. The molecule has 0 radical (unpaired) electrons. The van der Waals surface area contributed by atoms with Gasteiger partial charge in [0.1, 0.15) is 5.75 Å². The third-order valence-corrected chi connectivity index (χ3v) is 4.91. The van der Waals surface area contributed by atoms with Crippen molar-refractivity contribution in [1.29, 1.82) is 0 Å². The van der Waals surface area contributed by atoms with E-state index in [1.807, 2.05) is 41.3 Å². The molecule has 4 nitrogen and oxygen atoms in total. The van der Waals surface area contributed by atoms with Gasteiger partial charge in [0.15, 0.2) is 0 Å². The average Bonchev–Trinajstić information content (AvgIpc) is 3.05. The predicted molar refractivity (Wildman–Crippen MR) is 95.2 cm³/mol. The van der Waals surface area contributed by atoms with Crippen LogP contribution in [0, 0.1) is 0 Å². The second kappa shape index (κ2) is 6.44. The Labute approximate surface area is 143 Å². The zero-order valence-electron chi connectivity index (χ0n) is 14.6. The molecule has 0 spiro atoms. The Bertz CT molecular complexity index is 748. The summed E-state index contributed by atoms with van der Waals surface area (Å²) >= 11 is 0. The highest BCUT2D eigenvalue weighted by atomic mass is 16.5. The van der Waals surface area contributed by atoms with E-state index >= 15 is 0 Å². The van der Waals surface area contributed by atoms with E-state index in [1.165, 1.54) is 0 Å². The van der Waals surface area contributed by atoms with E-state index < -0.39 is 5.60 Å². The first-order valence-electron chi connectivity index (χ1n) is 8.47. The number of hydrogen-bond donors (Lipinski definition) is 1. The molecule has 1 heterocycles. The van der Waals surface area contributed by atoms with Crippen molar-refractivity contribution in [3.8, 4) is 5.75 Å². The normalized spacial score (nSPS) is 18.2. The van der Waals surface area contributed by atoms with Crippen molar-refractivity contribution in [1.82, 2.24) is 4.90 Å². The number of likely N-dealkylation sites (tertiary alicyclic amines) is 1. The molecule has 3 rings (SSSR count). The largest absolute Gasteiger partial charge is 0.497 e. The molecule has 0 bridgehead atoms. The lowest BCUT2D eigenvalue weighted by atomic mass is 9.96. The lowest BCUT2D eigenvalue weighted by Gasteiger charge is -2.34. The van der Waals surface area contributed by atoms with Crippen LogP contribution in [-0.2, 0) is 11.2 Å². The van der Waals surface area contributed by atoms with Gasteiger partial charge in [-0.2, -0.15) is 0 Å². The lowest BCUT2D eigenvalue weighted by Crippen LogP contribution is -2.48. The zero-order valence-corrected chi connectivity index (χ0v) is 14.6. The molecule has 1 aliphatic heterocycles. The van der Waals surface area contributed by atoms with Crippen molar-refractivity contribution in [3.63, 3.8) is 0 Å². The monoisotopic (exact) mass is 327 g/mol. The molecule has 0 aliphatic carbocycles. The van der Waals surface area contributed by atoms with Gasteiger partial charge in [0.2, 0.25) is 5.91 Å². The Morgan fingerprint density at radius 2 is 2.12 bits per heavy atom. The summed E-state index contributed by atoms with van der Waals surface area (Å²) in [6.45, 7) is 4.29. The smallest absolute Gasteiger partial charge is 0.227 e. The average molecular weight is 327 g/mol. The molecule has 1 fully saturated rings. The van der Waals surface area contributed by atoms with Crippen molar-refractivity contribution in [2.75, 3.05) is 13.7 Å². The molecule has 2 aromatic carbocycles. The summed E-state index contributed by atoms with van der Waals surface area (Å²) in [5.74, 6) is 0.868. The predicted octanol–water partition coefficient (Wildman–Crippen LogP) is 3.15. The number of carbonyl (C=O) groups is 1. The Kier molecular flexibility index (Phi) is 4.50. The van der Waals surface area contributed by atoms with Crippen LogP contribution in [0.15, 0.2) is 36.4 Å². The third-order valence-electron chi connectivity index (χ3n) is 4.91. The van der Waals surface area contributed by atoms with E-state index in [4.69, 9.17) is 4.74 Å². The molecule has 1 saturated heterocycles. The van der Waals surface area contributed by atoms with Crippen molar-refractivity contribution < 1.29 is 14.6 Å². The van der Waals surface area contributed by atoms with Crippen LogP contribution in [0.1, 0.15) is 32.3 Å². The van der Waals surface area contributed by atoms with Crippen LogP contribution < -0.4 is 4.74 Å². The molecule has 0 aromatic heterocycles. The first-order chi connectivity index (χ1) is 11.4. The number of nitrogens with zero attached hydrogens (tertiary/aromatic N) is 1. The second-order valence-corrected chi connectivity index (χ2v) is 7.08. The molecule has 128 valence electrons. The number of fused-ring (bicyclic) bond motifs is 1. The molecular formula is C20H25NO3. The van der Waals surface area contributed by atoms with E-state index in [9.17, 15) is 9.90 Å². The van der Waals surface area contributed by atoms with Gasteiger partial charge in [0, 0.05) is 6.54 Å². The number of amides is 1.